The SMILES string of the molecule is CC1CN(C(=O)Nc2ccccc2N(C)c2ccccc2)CC(C)(C)O1. The number of hydrogen-bond acceptors (Lipinski definition) is 3. The number of nitrogens with one attached hydrogen (secondary N) is 1. The highest BCUT2D eigenvalue weighted by Gasteiger charge is 2.33. The zero-order chi connectivity index (χ0) is 18.7. The molecule has 0 bridgehead atoms. The molecule has 2 aromatic rings. The number of anilines is 3. The van der Waals surface area contributed by atoms with Crippen molar-refractivity contribution in [3.05, 3.63) is 54.6 Å². The van der Waals surface area contributed by atoms with E-state index in [1.54, 1.807) is 0 Å². The second-order valence-corrected chi connectivity index (χ2v) is 7.41. The van der Waals surface area contributed by atoms with Gasteiger partial charge in [-0.15, -0.1) is 0 Å². The zero-order valence-electron chi connectivity index (χ0n) is 15.9. The summed E-state index contributed by atoms with van der Waals surface area (Å²) in [6.07, 6.45) is 0.0201. The van der Waals surface area contributed by atoms with Crippen molar-refractivity contribution in [2.24, 2.45) is 0 Å². The first kappa shape index (κ1) is 18.3. The van der Waals surface area contributed by atoms with E-state index in [2.05, 4.69) is 10.2 Å². The van der Waals surface area contributed by atoms with Gasteiger partial charge in [-0.3, -0.25) is 0 Å². The van der Waals surface area contributed by atoms with Gasteiger partial charge in [0.1, 0.15) is 0 Å². The number of urea groups is 1. The van der Waals surface area contributed by atoms with E-state index in [0.717, 1.165) is 17.1 Å². The summed E-state index contributed by atoms with van der Waals surface area (Å²) in [7, 11) is 2.00. The van der Waals surface area contributed by atoms with Crippen molar-refractivity contribution in [3.8, 4) is 0 Å². The normalized spacial score (nSPS) is 19.1. The first-order valence-corrected chi connectivity index (χ1v) is 8.97. The Balaban J connectivity index is 1.79. The van der Waals surface area contributed by atoms with Gasteiger partial charge in [0, 0.05) is 19.3 Å². The first-order valence-electron chi connectivity index (χ1n) is 8.97. The number of carbonyl (C=O) groups excluding carboxylic acids is 1. The fourth-order valence-corrected chi connectivity index (χ4v) is 3.47. The molecule has 3 rings (SSSR count). The highest BCUT2D eigenvalue weighted by molar-refractivity contribution is 5.94. The minimum absolute atomic E-state index is 0.0201. The molecule has 0 saturated carbocycles. The van der Waals surface area contributed by atoms with Crippen LogP contribution in [-0.4, -0.2) is 42.8 Å². The molecule has 1 atom stereocenters. The topological polar surface area (TPSA) is 44.8 Å². The van der Waals surface area contributed by atoms with Gasteiger partial charge in [-0.25, -0.2) is 4.79 Å². The number of nitrogens with zero attached hydrogens (tertiary/aromatic N) is 2. The monoisotopic (exact) mass is 353 g/mol. The minimum atomic E-state index is -0.338. The van der Waals surface area contributed by atoms with Gasteiger partial charge in [-0.05, 0) is 45.0 Å². The lowest BCUT2D eigenvalue weighted by molar-refractivity contribution is -0.116. The van der Waals surface area contributed by atoms with Gasteiger partial charge in [0.05, 0.1) is 29.6 Å². The quantitative estimate of drug-likeness (QED) is 0.884. The van der Waals surface area contributed by atoms with Gasteiger partial charge >= 0.3 is 6.03 Å². The minimum Gasteiger partial charge on any atom is -0.369 e. The van der Waals surface area contributed by atoms with E-state index >= 15 is 0 Å². The third-order valence-electron chi connectivity index (χ3n) is 4.51. The molecule has 1 heterocycles. The molecule has 2 aromatic carbocycles. The van der Waals surface area contributed by atoms with E-state index in [1.807, 2.05) is 87.3 Å². The Hall–Kier alpha value is -2.53. The standard InChI is InChI=1S/C21H27N3O2/c1-16-14-24(15-21(2,3)26-16)20(25)22-18-12-8-9-13-19(18)23(4)17-10-6-5-7-11-17/h5-13,16H,14-15H2,1-4H3,(H,22,25). The Morgan fingerprint density at radius 2 is 1.81 bits per heavy atom. The highest BCUT2D eigenvalue weighted by atomic mass is 16.5. The Bertz CT molecular complexity index is 761. The molecule has 1 aliphatic heterocycles. The smallest absolute Gasteiger partial charge is 0.322 e. The maximum atomic E-state index is 12.9. The molecule has 1 fully saturated rings. The van der Waals surface area contributed by atoms with Crippen LogP contribution in [0.2, 0.25) is 0 Å². The van der Waals surface area contributed by atoms with Crippen molar-refractivity contribution in [3.63, 3.8) is 0 Å². The molecule has 5 heteroatoms. The van der Waals surface area contributed by atoms with Gasteiger partial charge in [0.25, 0.3) is 0 Å². The molecule has 1 aliphatic rings. The molecular weight excluding hydrogens is 326 g/mol. The molecular formula is C21H27N3O2. The molecule has 26 heavy (non-hydrogen) atoms. The van der Waals surface area contributed by atoms with Crippen LogP contribution in [0.25, 0.3) is 0 Å². The van der Waals surface area contributed by atoms with Crippen LogP contribution in [0.3, 0.4) is 0 Å². The van der Waals surface area contributed by atoms with Crippen molar-refractivity contribution in [2.75, 3.05) is 30.4 Å². The Kier molecular flexibility index (Phi) is 5.18. The molecule has 0 aromatic heterocycles. The van der Waals surface area contributed by atoms with Gasteiger partial charge in [-0.1, -0.05) is 30.3 Å². The van der Waals surface area contributed by atoms with Crippen molar-refractivity contribution in [1.82, 2.24) is 4.90 Å². The fourth-order valence-electron chi connectivity index (χ4n) is 3.47. The molecule has 0 aliphatic carbocycles. The summed E-state index contributed by atoms with van der Waals surface area (Å²) in [5, 5.41) is 3.08. The summed E-state index contributed by atoms with van der Waals surface area (Å²) in [4.78, 5) is 16.8. The average Bonchev–Trinajstić information content (AvgIpc) is 2.60. The molecule has 1 N–H and O–H groups in total. The van der Waals surface area contributed by atoms with Crippen molar-refractivity contribution < 1.29 is 9.53 Å². The average molecular weight is 353 g/mol. The molecule has 0 radical (unpaired) electrons. The Morgan fingerprint density at radius 3 is 2.50 bits per heavy atom. The van der Waals surface area contributed by atoms with Gasteiger partial charge < -0.3 is 19.9 Å². The van der Waals surface area contributed by atoms with Crippen LogP contribution < -0.4 is 10.2 Å². The summed E-state index contributed by atoms with van der Waals surface area (Å²) in [5.41, 5.74) is 2.47. The fraction of sp³-hybridized carbons (Fsp3) is 0.381. The third-order valence-corrected chi connectivity index (χ3v) is 4.51. The van der Waals surface area contributed by atoms with E-state index in [1.165, 1.54) is 0 Å². The van der Waals surface area contributed by atoms with E-state index in [-0.39, 0.29) is 17.7 Å². The lowest BCUT2D eigenvalue weighted by Crippen LogP contribution is -2.54. The van der Waals surface area contributed by atoms with Crippen LogP contribution in [0, 0.1) is 0 Å². The van der Waals surface area contributed by atoms with Crippen LogP contribution >= 0.6 is 0 Å². The van der Waals surface area contributed by atoms with Crippen LogP contribution in [0.15, 0.2) is 54.6 Å². The van der Waals surface area contributed by atoms with Crippen molar-refractivity contribution >= 4 is 23.1 Å². The van der Waals surface area contributed by atoms with E-state index < -0.39 is 0 Å². The number of para-hydroxylation sites is 3. The van der Waals surface area contributed by atoms with E-state index in [9.17, 15) is 4.79 Å². The van der Waals surface area contributed by atoms with Crippen LogP contribution in [0.1, 0.15) is 20.8 Å². The van der Waals surface area contributed by atoms with E-state index in [4.69, 9.17) is 4.74 Å². The first-order chi connectivity index (χ1) is 12.4. The Labute approximate surface area is 155 Å². The number of benzene rings is 2. The summed E-state index contributed by atoms with van der Waals surface area (Å²) in [6, 6.07) is 17.8. The van der Waals surface area contributed by atoms with Gasteiger partial charge in [0.2, 0.25) is 0 Å². The van der Waals surface area contributed by atoms with Crippen LogP contribution in [-0.2, 0) is 4.74 Å². The van der Waals surface area contributed by atoms with Gasteiger partial charge in [0.15, 0.2) is 0 Å². The Morgan fingerprint density at radius 1 is 1.15 bits per heavy atom. The van der Waals surface area contributed by atoms with E-state index in [0.29, 0.717) is 13.1 Å². The second kappa shape index (κ2) is 7.38. The molecule has 1 unspecified atom stereocenters. The zero-order valence-corrected chi connectivity index (χ0v) is 15.9. The lowest BCUT2D eigenvalue weighted by atomic mass is 10.1. The third kappa shape index (κ3) is 4.17. The number of morpholine rings is 1. The van der Waals surface area contributed by atoms with Crippen molar-refractivity contribution in [2.45, 2.75) is 32.5 Å². The van der Waals surface area contributed by atoms with Crippen molar-refractivity contribution in [1.29, 1.82) is 0 Å². The molecule has 5 nitrogen and oxygen atoms in total. The maximum absolute atomic E-state index is 12.9. The predicted octanol–water partition coefficient (Wildman–Crippen LogP) is 4.49. The molecule has 1 saturated heterocycles. The molecule has 2 amide bonds. The second-order valence-electron chi connectivity index (χ2n) is 7.41. The highest BCUT2D eigenvalue weighted by Crippen LogP contribution is 2.31. The van der Waals surface area contributed by atoms with Gasteiger partial charge in [-0.2, -0.15) is 0 Å². The number of amides is 2. The summed E-state index contributed by atoms with van der Waals surface area (Å²) >= 11 is 0. The molecule has 0 spiro atoms. The number of hydrogen-bond donors (Lipinski definition) is 1. The van der Waals surface area contributed by atoms with Crippen LogP contribution in [0.4, 0.5) is 21.9 Å². The summed E-state index contributed by atoms with van der Waals surface area (Å²) in [5.74, 6) is 0. The number of rotatable bonds is 3. The predicted molar refractivity (Wildman–Crippen MR) is 106 cm³/mol. The number of ether oxygens (including phenoxy) is 1. The maximum Gasteiger partial charge on any atom is 0.322 e. The summed E-state index contributed by atoms with van der Waals surface area (Å²) in [6.45, 7) is 7.18. The van der Waals surface area contributed by atoms with Crippen LogP contribution in [0.5, 0.6) is 0 Å². The molecule has 138 valence electrons. The largest absolute Gasteiger partial charge is 0.369 e. The number of carbonyl (C=O) groups is 1. The summed E-state index contributed by atoms with van der Waals surface area (Å²) < 4.78 is 5.89. The lowest BCUT2D eigenvalue weighted by Gasteiger charge is -2.41.